The molecule has 20 heavy (non-hydrogen) atoms. The van der Waals surface area contributed by atoms with Gasteiger partial charge in [-0.05, 0) is 48.7 Å². The first kappa shape index (κ1) is 13.1. The van der Waals surface area contributed by atoms with Crippen LogP contribution < -0.4 is 10.6 Å². The van der Waals surface area contributed by atoms with Gasteiger partial charge in [0.2, 0.25) is 0 Å². The molecule has 0 spiro atoms. The SMILES string of the molecule is Cn1ccc(CN2CC(CN)Cc3cc(F)ccc32)n1. The van der Waals surface area contributed by atoms with Crippen molar-refractivity contribution in [3.05, 3.63) is 47.5 Å². The van der Waals surface area contributed by atoms with Crippen LogP contribution in [0.5, 0.6) is 0 Å². The van der Waals surface area contributed by atoms with Crippen molar-refractivity contribution in [1.29, 1.82) is 0 Å². The summed E-state index contributed by atoms with van der Waals surface area (Å²) in [6.45, 7) is 2.25. The quantitative estimate of drug-likeness (QED) is 0.926. The van der Waals surface area contributed by atoms with E-state index in [1.54, 1.807) is 10.7 Å². The number of aryl methyl sites for hydroxylation is 1. The van der Waals surface area contributed by atoms with Crippen LogP contribution in [0.15, 0.2) is 30.5 Å². The maximum Gasteiger partial charge on any atom is 0.123 e. The number of rotatable bonds is 3. The normalized spacial score (nSPS) is 18.1. The summed E-state index contributed by atoms with van der Waals surface area (Å²) in [5, 5.41) is 4.42. The highest BCUT2D eigenvalue weighted by atomic mass is 19.1. The summed E-state index contributed by atoms with van der Waals surface area (Å²) in [4.78, 5) is 2.25. The lowest BCUT2D eigenvalue weighted by Gasteiger charge is -2.35. The molecule has 3 rings (SSSR count). The number of fused-ring (bicyclic) bond motifs is 1. The molecule has 5 heteroatoms. The number of benzene rings is 1. The van der Waals surface area contributed by atoms with Crippen molar-refractivity contribution in [3.63, 3.8) is 0 Å². The molecule has 2 N–H and O–H groups in total. The van der Waals surface area contributed by atoms with E-state index in [1.165, 1.54) is 6.07 Å². The van der Waals surface area contributed by atoms with Gasteiger partial charge in [0.1, 0.15) is 5.82 Å². The van der Waals surface area contributed by atoms with Gasteiger partial charge in [-0.25, -0.2) is 4.39 Å². The molecule has 1 aromatic heterocycles. The minimum Gasteiger partial charge on any atom is -0.365 e. The smallest absolute Gasteiger partial charge is 0.123 e. The third-order valence-electron chi connectivity index (χ3n) is 3.82. The predicted octanol–water partition coefficient (Wildman–Crippen LogP) is 1.70. The van der Waals surface area contributed by atoms with Crippen molar-refractivity contribution in [3.8, 4) is 0 Å². The molecule has 0 fully saturated rings. The third kappa shape index (κ3) is 2.54. The van der Waals surface area contributed by atoms with Gasteiger partial charge in [-0.15, -0.1) is 0 Å². The number of hydrogen-bond donors (Lipinski definition) is 1. The van der Waals surface area contributed by atoms with Crippen LogP contribution in [0.4, 0.5) is 10.1 Å². The fourth-order valence-corrected chi connectivity index (χ4v) is 2.86. The highest BCUT2D eigenvalue weighted by molar-refractivity contribution is 5.56. The van der Waals surface area contributed by atoms with E-state index >= 15 is 0 Å². The summed E-state index contributed by atoms with van der Waals surface area (Å²) in [5.74, 6) is 0.187. The molecule has 1 unspecified atom stereocenters. The van der Waals surface area contributed by atoms with Gasteiger partial charge in [0.15, 0.2) is 0 Å². The maximum absolute atomic E-state index is 13.4. The Hall–Kier alpha value is -1.88. The van der Waals surface area contributed by atoms with E-state index < -0.39 is 0 Å². The first-order valence-corrected chi connectivity index (χ1v) is 6.87. The summed E-state index contributed by atoms with van der Waals surface area (Å²) >= 11 is 0. The lowest BCUT2D eigenvalue weighted by atomic mass is 9.92. The number of hydrogen-bond acceptors (Lipinski definition) is 3. The largest absolute Gasteiger partial charge is 0.365 e. The van der Waals surface area contributed by atoms with Crippen LogP contribution in [0.1, 0.15) is 11.3 Å². The van der Waals surface area contributed by atoms with E-state index in [0.29, 0.717) is 12.5 Å². The fraction of sp³-hybridized carbons (Fsp3) is 0.400. The highest BCUT2D eigenvalue weighted by Crippen LogP contribution is 2.31. The van der Waals surface area contributed by atoms with E-state index in [0.717, 1.165) is 36.5 Å². The van der Waals surface area contributed by atoms with Crippen LogP contribution in [0, 0.1) is 11.7 Å². The zero-order valence-electron chi connectivity index (χ0n) is 11.6. The standard InChI is InChI=1S/C15H19FN4/c1-19-5-4-14(18-19)10-20-9-11(8-17)6-12-7-13(16)2-3-15(12)20/h2-5,7,11H,6,8-10,17H2,1H3. The first-order chi connectivity index (χ1) is 9.65. The van der Waals surface area contributed by atoms with Crippen LogP contribution >= 0.6 is 0 Å². The molecule has 0 saturated carbocycles. The highest BCUT2D eigenvalue weighted by Gasteiger charge is 2.24. The zero-order valence-corrected chi connectivity index (χ0v) is 11.6. The van der Waals surface area contributed by atoms with Gasteiger partial charge in [-0.3, -0.25) is 4.68 Å². The lowest BCUT2D eigenvalue weighted by Crippen LogP contribution is -2.38. The number of aromatic nitrogens is 2. The van der Waals surface area contributed by atoms with E-state index in [-0.39, 0.29) is 5.82 Å². The van der Waals surface area contributed by atoms with Gasteiger partial charge in [-0.2, -0.15) is 5.10 Å². The Morgan fingerprint density at radius 3 is 2.95 bits per heavy atom. The molecule has 0 aliphatic carbocycles. The average Bonchev–Trinajstić information content (AvgIpc) is 2.83. The molecule has 0 bridgehead atoms. The summed E-state index contributed by atoms with van der Waals surface area (Å²) < 4.78 is 15.2. The number of nitrogens with zero attached hydrogens (tertiary/aromatic N) is 3. The second-order valence-corrected chi connectivity index (χ2v) is 5.44. The van der Waals surface area contributed by atoms with Gasteiger partial charge in [0.05, 0.1) is 12.2 Å². The van der Waals surface area contributed by atoms with E-state index in [2.05, 4.69) is 10.00 Å². The molecule has 0 saturated heterocycles. The first-order valence-electron chi connectivity index (χ1n) is 6.87. The Morgan fingerprint density at radius 2 is 2.25 bits per heavy atom. The van der Waals surface area contributed by atoms with Gasteiger partial charge < -0.3 is 10.6 Å². The molecule has 2 aromatic rings. The van der Waals surface area contributed by atoms with Gasteiger partial charge in [0, 0.05) is 25.5 Å². The van der Waals surface area contributed by atoms with Crippen LogP contribution in [-0.2, 0) is 20.0 Å². The average molecular weight is 274 g/mol. The Balaban J connectivity index is 1.90. The molecule has 0 radical (unpaired) electrons. The summed E-state index contributed by atoms with van der Waals surface area (Å²) in [6, 6.07) is 7.02. The molecule has 4 nitrogen and oxygen atoms in total. The summed E-state index contributed by atoms with van der Waals surface area (Å²) in [5.41, 5.74) is 8.98. The Kier molecular flexibility index (Phi) is 3.44. The third-order valence-corrected chi connectivity index (χ3v) is 3.82. The number of nitrogens with two attached hydrogens (primary N) is 1. The lowest BCUT2D eigenvalue weighted by molar-refractivity contribution is 0.492. The van der Waals surface area contributed by atoms with Gasteiger partial charge in [0.25, 0.3) is 0 Å². The minimum atomic E-state index is -0.181. The summed E-state index contributed by atoms with van der Waals surface area (Å²) in [6.07, 6.45) is 2.79. The van der Waals surface area contributed by atoms with Crippen molar-refractivity contribution >= 4 is 5.69 Å². The molecule has 1 aromatic carbocycles. The molecule has 1 aliphatic rings. The fourth-order valence-electron chi connectivity index (χ4n) is 2.86. The molecular formula is C15H19FN4. The molecule has 2 heterocycles. The zero-order chi connectivity index (χ0) is 14.1. The Morgan fingerprint density at radius 1 is 1.40 bits per heavy atom. The summed E-state index contributed by atoms with van der Waals surface area (Å²) in [7, 11) is 1.91. The van der Waals surface area contributed by atoms with E-state index in [9.17, 15) is 4.39 Å². The van der Waals surface area contributed by atoms with Crippen LogP contribution in [0.3, 0.4) is 0 Å². The van der Waals surface area contributed by atoms with Crippen LogP contribution in [-0.4, -0.2) is 22.9 Å². The monoisotopic (exact) mass is 274 g/mol. The molecule has 1 aliphatic heterocycles. The van der Waals surface area contributed by atoms with E-state index in [4.69, 9.17) is 5.73 Å². The maximum atomic E-state index is 13.4. The van der Waals surface area contributed by atoms with Crippen LogP contribution in [0.25, 0.3) is 0 Å². The second kappa shape index (κ2) is 5.25. The molecule has 0 amide bonds. The van der Waals surface area contributed by atoms with Crippen molar-refractivity contribution in [1.82, 2.24) is 9.78 Å². The Labute approximate surface area is 118 Å². The van der Waals surface area contributed by atoms with Crippen molar-refractivity contribution in [2.45, 2.75) is 13.0 Å². The van der Waals surface area contributed by atoms with Gasteiger partial charge >= 0.3 is 0 Å². The second-order valence-electron chi connectivity index (χ2n) is 5.44. The van der Waals surface area contributed by atoms with E-state index in [1.807, 2.05) is 25.4 Å². The number of halogens is 1. The van der Waals surface area contributed by atoms with Gasteiger partial charge in [-0.1, -0.05) is 0 Å². The molecule has 1 atom stereocenters. The van der Waals surface area contributed by atoms with Crippen molar-refractivity contribution in [2.24, 2.45) is 18.7 Å². The predicted molar refractivity (Wildman–Crippen MR) is 76.9 cm³/mol. The minimum absolute atomic E-state index is 0.181. The van der Waals surface area contributed by atoms with Crippen molar-refractivity contribution in [2.75, 3.05) is 18.0 Å². The molecular weight excluding hydrogens is 255 g/mol. The number of anilines is 1. The van der Waals surface area contributed by atoms with Crippen LogP contribution in [0.2, 0.25) is 0 Å². The van der Waals surface area contributed by atoms with Crippen molar-refractivity contribution < 1.29 is 4.39 Å². The molecule has 106 valence electrons. The topological polar surface area (TPSA) is 47.1 Å². The Bertz CT molecular complexity index is 608.